The molecule has 0 aliphatic rings. The molecule has 4 heteroatoms. The molecule has 0 spiro atoms. The summed E-state index contributed by atoms with van der Waals surface area (Å²) in [5.74, 6) is 0.563. The minimum absolute atomic E-state index is 0. The van der Waals surface area contributed by atoms with Crippen molar-refractivity contribution >= 4 is 48.5 Å². The number of hydrogen-bond donors (Lipinski definition) is 0. The van der Waals surface area contributed by atoms with Crippen LogP contribution in [0.15, 0.2) is 140 Å². The Bertz CT molecular complexity index is 2350. The molecule has 0 aliphatic heterocycles. The van der Waals surface area contributed by atoms with E-state index < -0.39 is 0 Å². The summed E-state index contributed by atoms with van der Waals surface area (Å²) in [6.45, 7) is 13.5. The molecular formula is C45H42Cl2SiZr-2. The number of aryl methyl sites for hydroxylation is 2. The molecule has 8 aromatic rings. The maximum atomic E-state index is 2.36. The molecule has 0 bridgehead atoms. The zero-order valence-electron chi connectivity index (χ0n) is 29.1. The average Bonchev–Trinajstić information content (AvgIpc) is 3.69. The molecule has 0 radical (unpaired) electrons. The first-order chi connectivity index (χ1) is 22.7. The standard InChI is InChI=1S/C22H19.C21H17.C2H6Si.2ClH.Zr/c1-15(2)18-13-17-9-6-12-21(22(17)14-18)20-11-5-8-16-7-3-4-10-19(16)20;1-14-11-20-15(2)7-10-19(21(20)12-14)18-9-8-16-5-3-4-6-17(16)13-18;1-3-2;;;/h3-15H,1-2H3;3-13H,1-2H3;1-2H3;2*1H;/q2*-1;;;;+2/p-2. The molecule has 49 heavy (non-hydrogen) atoms. The van der Waals surface area contributed by atoms with Gasteiger partial charge in [-0.1, -0.05) is 130 Å². The van der Waals surface area contributed by atoms with E-state index in [0.717, 1.165) is 0 Å². The van der Waals surface area contributed by atoms with E-state index >= 15 is 0 Å². The van der Waals surface area contributed by atoms with Crippen molar-refractivity contribution in [3.8, 4) is 22.3 Å². The van der Waals surface area contributed by atoms with E-state index in [9.17, 15) is 0 Å². The van der Waals surface area contributed by atoms with Crippen LogP contribution in [0, 0.1) is 13.8 Å². The van der Waals surface area contributed by atoms with Gasteiger partial charge in [-0.25, -0.2) is 0 Å². The van der Waals surface area contributed by atoms with Gasteiger partial charge in [0.05, 0.1) is 0 Å². The minimum Gasteiger partial charge on any atom is -1.00 e. The Morgan fingerprint density at radius 3 is 1.88 bits per heavy atom. The van der Waals surface area contributed by atoms with Gasteiger partial charge in [-0.15, -0.1) is 68.6 Å². The molecule has 0 amide bonds. The van der Waals surface area contributed by atoms with Crippen molar-refractivity contribution in [2.45, 2.75) is 46.7 Å². The second kappa shape index (κ2) is 17.1. The first-order valence-corrected chi connectivity index (χ1v) is 22.7. The topological polar surface area (TPSA) is 0 Å². The zero-order valence-corrected chi connectivity index (χ0v) is 34.1. The first kappa shape index (κ1) is 38.5. The largest absolute Gasteiger partial charge is 1.00 e. The van der Waals surface area contributed by atoms with Gasteiger partial charge in [-0.2, -0.15) is 12.1 Å². The molecule has 0 fully saturated rings. The fourth-order valence-corrected chi connectivity index (χ4v) is 6.48. The number of halogens is 2. The molecule has 246 valence electrons. The number of hydrogen-bond acceptors (Lipinski definition) is 0. The second-order valence-corrected chi connectivity index (χ2v) is 22.5. The van der Waals surface area contributed by atoms with E-state index in [1.54, 1.807) is 23.3 Å². The van der Waals surface area contributed by atoms with Crippen molar-refractivity contribution in [3.05, 3.63) is 156 Å². The van der Waals surface area contributed by atoms with Crippen LogP contribution in [-0.2, 0) is 23.3 Å². The van der Waals surface area contributed by atoms with Crippen molar-refractivity contribution in [2.24, 2.45) is 0 Å². The van der Waals surface area contributed by atoms with Crippen molar-refractivity contribution in [1.82, 2.24) is 0 Å². The Morgan fingerprint density at radius 1 is 0.551 bits per heavy atom. The Balaban J connectivity index is 0.000000192. The molecule has 0 N–H and O–H groups in total. The molecule has 0 heterocycles. The van der Waals surface area contributed by atoms with Crippen LogP contribution in [0.25, 0.3) is 65.3 Å². The Hall–Kier alpha value is -3.26. The fourth-order valence-electron chi connectivity index (χ4n) is 6.48. The maximum Gasteiger partial charge on any atom is -0.0178 e. The van der Waals surface area contributed by atoms with E-state index in [1.807, 2.05) is 0 Å². The van der Waals surface area contributed by atoms with Crippen LogP contribution in [0.5, 0.6) is 0 Å². The van der Waals surface area contributed by atoms with Crippen LogP contribution in [0.3, 0.4) is 0 Å². The van der Waals surface area contributed by atoms with Gasteiger partial charge in [0.25, 0.3) is 0 Å². The van der Waals surface area contributed by atoms with Crippen LogP contribution >= 0.6 is 0 Å². The van der Waals surface area contributed by atoms with E-state index in [0.29, 0.717) is 5.92 Å². The summed E-state index contributed by atoms with van der Waals surface area (Å²) in [6.07, 6.45) is 0. The van der Waals surface area contributed by atoms with Gasteiger partial charge in [-0.05, 0) is 44.7 Å². The normalized spacial score (nSPS) is 10.6. The minimum atomic E-state index is 0. The fraction of sp³-hybridized carbons (Fsp3) is 0.156. The van der Waals surface area contributed by atoms with Crippen molar-refractivity contribution in [1.29, 1.82) is 0 Å². The molecule has 0 saturated carbocycles. The van der Waals surface area contributed by atoms with Crippen LogP contribution in [0.2, 0.25) is 13.1 Å². The van der Waals surface area contributed by atoms with E-state index in [1.165, 1.54) is 82.0 Å². The molecule has 0 nitrogen and oxygen atoms in total. The summed E-state index contributed by atoms with van der Waals surface area (Å²) in [5, 5.41) is 10.7. The molecule has 8 rings (SSSR count). The van der Waals surface area contributed by atoms with Crippen molar-refractivity contribution in [2.75, 3.05) is 0 Å². The second-order valence-electron chi connectivity index (χ2n) is 13.1. The van der Waals surface area contributed by atoms with Gasteiger partial charge in [0.2, 0.25) is 0 Å². The SMILES string of the molecule is CC(C)c1cc2c(-c3cccc4ccccc34)cccc2[cH-]1.C[Si](C)=[Zr+2].Cc1cc2c(-c3ccc4ccccc4c3)ccc(C)c2[cH-]1.[Cl-].[Cl-]. The predicted molar refractivity (Wildman–Crippen MR) is 206 cm³/mol. The van der Waals surface area contributed by atoms with Gasteiger partial charge < -0.3 is 24.8 Å². The summed E-state index contributed by atoms with van der Waals surface area (Å²) in [7, 11) is 0. The number of benzene rings is 6. The zero-order chi connectivity index (χ0) is 33.1. The summed E-state index contributed by atoms with van der Waals surface area (Å²) < 4.78 is 0. The Kier molecular flexibility index (Phi) is 13.5. The summed E-state index contributed by atoms with van der Waals surface area (Å²) in [6, 6.07) is 50.9. The molecule has 0 atom stereocenters. The molecule has 0 aromatic heterocycles. The summed E-state index contributed by atoms with van der Waals surface area (Å²) in [5.41, 5.74) is 9.60. The van der Waals surface area contributed by atoms with Gasteiger partial charge >= 0.3 is 41.9 Å². The molecule has 0 saturated heterocycles. The number of fused-ring (bicyclic) bond motifs is 4. The third-order valence-corrected chi connectivity index (χ3v) is 8.83. The smallest absolute Gasteiger partial charge is 0.0178 e. The van der Waals surface area contributed by atoms with Gasteiger partial charge in [0.1, 0.15) is 0 Å². The Labute approximate surface area is 319 Å². The van der Waals surface area contributed by atoms with Crippen LogP contribution in [0.1, 0.15) is 36.5 Å². The van der Waals surface area contributed by atoms with Crippen LogP contribution < -0.4 is 24.8 Å². The van der Waals surface area contributed by atoms with Gasteiger partial charge in [-0.3, -0.25) is 0 Å². The van der Waals surface area contributed by atoms with E-state index in [2.05, 4.69) is 180 Å². The quantitative estimate of drug-likeness (QED) is 0.131. The third kappa shape index (κ3) is 8.73. The molecule has 0 unspecified atom stereocenters. The average molecular weight is 773 g/mol. The van der Waals surface area contributed by atoms with Gasteiger partial charge in [0, 0.05) is 0 Å². The van der Waals surface area contributed by atoms with Crippen LogP contribution in [0.4, 0.5) is 0 Å². The molecular weight excluding hydrogens is 731 g/mol. The van der Waals surface area contributed by atoms with Crippen LogP contribution in [-0.4, -0.2) is 5.43 Å². The Morgan fingerprint density at radius 2 is 1.16 bits per heavy atom. The molecule has 8 aromatic carbocycles. The number of rotatable bonds is 3. The monoisotopic (exact) mass is 770 g/mol. The summed E-state index contributed by atoms with van der Waals surface area (Å²) in [4.78, 5) is 0. The van der Waals surface area contributed by atoms with E-state index in [4.69, 9.17) is 0 Å². The summed E-state index contributed by atoms with van der Waals surface area (Å²) >= 11 is 1.74. The predicted octanol–water partition coefficient (Wildman–Crippen LogP) is 7.29. The first-order valence-electron chi connectivity index (χ1n) is 16.5. The van der Waals surface area contributed by atoms with Crippen molar-refractivity contribution in [3.63, 3.8) is 0 Å². The third-order valence-electron chi connectivity index (χ3n) is 8.83. The molecule has 0 aliphatic carbocycles. The maximum absolute atomic E-state index is 2.36. The van der Waals surface area contributed by atoms with Gasteiger partial charge in [0.15, 0.2) is 0 Å². The van der Waals surface area contributed by atoms with Crippen molar-refractivity contribution < 1.29 is 48.1 Å². The van der Waals surface area contributed by atoms with E-state index in [-0.39, 0.29) is 30.2 Å².